The minimum Gasteiger partial charge on any atom is -0.365 e. The Morgan fingerprint density at radius 1 is 1.35 bits per heavy atom. The van der Waals surface area contributed by atoms with Gasteiger partial charge in [-0.1, -0.05) is 35.5 Å². The second-order valence-electron chi connectivity index (χ2n) is 6.37. The highest BCUT2D eigenvalue weighted by molar-refractivity contribution is 5.93. The molecule has 0 spiro atoms. The fourth-order valence-corrected chi connectivity index (χ4v) is 3.14. The predicted octanol–water partition coefficient (Wildman–Crippen LogP) is 1.82. The lowest BCUT2D eigenvalue weighted by atomic mass is 10.1. The van der Waals surface area contributed by atoms with Crippen molar-refractivity contribution < 1.29 is 9.53 Å². The molecule has 1 aliphatic heterocycles. The van der Waals surface area contributed by atoms with Crippen molar-refractivity contribution >= 4 is 5.91 Å². The first-order valence-corrected chi connectivity index (χ1v) is 8.51. The summed E-state index contributed by atoms with van der Waals surface area (Å²) in [6.07, 6.45) is -0.0856. The van der Waals surface area contributed by atoms with Crippen molar-refractivity contribution in [2.24, 2.45) is 0 Å². The number of benzene rings is 1. The summed E-state index contributed by atoms with van der Waals surface area (Å²) in [5.74, 6) is -0.256. The van der Waals surface area contributed by atoms with Gasteiger partial charge >= 0.3 is 0 Å². The van der Waals surface area contributed by atoms with Gasteiger partial charge in [0.25, 0.3) is 5.91 Å². The highest BCUT2D eigenvalue weighted by atomic mass is 16.5. The van der Waals surface area contributed by atoms with E-state index in [0.29, 0.717) is 31.1 Å². The van der Waals surface area contributed by atoms with Gasteiger partial charge in [-0.2, -0.15) is 5.10 Å². The summed E-state index contributed by atoms with van der Waals surface area (Å²) in [6, 6.07) is 9.98. The number of ether oxygens (including phenoxy) is 1. The van der Waals surface area contributed by atoms with Gasteiger partial charge in [0.15, 0.2) is 5.69 Å². The monoisotopic (exact) mass is 352 g/mol. The van der Waals surface area contributed by atoms with Crippen LogP contribution in [-0.2, 0) is 24.4 Å². The van der Waals surface area contributed by atoms with Crippen molar-refractivity contribution in [3.8, 4) is 0 Å². The van der Waals surface area contributed by atoms with Crippen molar-refractivity contribution in [1.82, 2.24) is 30.5 Å². The molecule has 0 fully saturated rings. The number of aromatic amines is 1. The lowest BCUT2D eigenvalue weighted by Gasteiger charge is -2.24. The maximum atomic E-state index is 12.5. The van der Waals surface area contributed by atoms with E-state index in [1.54, 1.807) is 4.68 Å². The molecule has 1 aromatic carbocycles. The van der Waals surface area contributed by atoms with Crippen molar-refractivity contribution in [3.63, 3.8) is 0 Å². The highest BCUT2D eigenvalue weighted by Crippen LogP contribution is 2.26. The van der Waals surface area contributed by atoms with Gasteiger partial charge < -0.3 is 10.1 Å². The first-order valence-electron chi connectivity index (χ1n) is 8.51. The molecule has 2 N–H and O–H groups in total. The summed E-state index contributed by atoms with van der Waals surface area (Å²) < 4.78 is 7.69. The molecule has 4 rings (SSSR count). The molecular weight excluding hydrogens is 332 g/mol. The average Bonchev–Trinajstić information content (AvgIpc) is 3.23. The van der Waals surface area contributed by atoms with E-state index in [-0.39, 0.29) is 12.0 Å². The van der Waals surface area contributed by atoms with E-state index in [0.717, 1.165) is 22.5 Å². The molecule has 0 bridgehead atoms. The second-order valence-corrected chi connectivity index (χ2v) is 6.37. The molecule has 134 valence electrons. The fraction of sp³-hybridized carbons (Fsp3) is 0.333. The topological polar surface area (TPSA) is 97.7 Å². The normalized spacial score (nSPS) is 16.3. The highest BCUT2D eigenvalue weighted by Gasteiger charge is 2.27. The van der Waals surface area contributed by atoms with Crippen LogP contribution < -0.4 is 5.32 Å². The Morgan fingerprint density at radius 2 is 2.15 bits per heavy atom. The van der Waals surface area contributed by atoms with Gasteiger partial charge in [-0.15, -0.1) is 5.10 Å². The summed E-state index contributed by atoms with van der Waals surface area (Å²) >= 11 is 0. The van der Waals surface area contributed by atoms with Crippen LogP contribution in [0.25, 0.3) is 0 Å². The van der Waals surface area contributed by atoms with Crippen molar-refractivity contribution in [2.45, 2.75) is 39.6 Å². The molecular formula is C18H20N6O2. The molecule has 0 saturated carbocycles. The molecule has 3 aromatic rings. The third-order valence-corrected chi connectivity index (χ3v) is 4.69. The van der Waals surface area contributed by atoms with E-state index in [1.165, 1.54) is 0 Å². The van der Waals surface area contributed by atoms with Crippen LogP contribution in [0, 0.1) is 13.8 Å². The van der Waals surface area contributed by atoms with Crippen LogP contribution in [0.1, 0.15) is 44.8 Å². The lowest BCUT2D eigenvalue weighted by Crippen LogP contribution is -2.27. The number of H-pyrrole nitrogens is 1. The third kappa shape index (κ3) is 2.99. The number of carbonyl (C=O) groups excluding carboxylic acids is 1. The number of aromatic nitrogens is 5. The number of aryl methyl sites for hydroxylation is 2. The minimum absolute atomic E-state index is 0.0856. The maximum absolute atomic E-state index is 12.5. The minimum atomic E-state index is -0.256. The summed E-state index contributed by atoms with van der Waals surface area (Å²) in [4.78, 5) is 12.5. The van der Waals surface area contributed by atoms with Crippen LogP contribution in [0.5, 0.6) is 0 Å². The van der Waals surface area contributed by atoms with Gasteiger partial charge in [-0.3, -0.25) is 9.89 Å². The molecule has 0 aliphatic carbocycles. The summed E-state index contributed by atoms with van der Waals surface area (Å²) in [6.45, 7) is 5.08. The van der Waals surface area contributed by atoms with E-state index in [4.69, 9.17) is 4.74 Å². The first kappa shape index (κ1) is 16.5. The van der Waals surface area contributed by atoms with Crippen LogP contribution in [0.15, 0.2) is 30.3 Å². The number of rotatable bonds is 4. The number of nitrogens with zero attached hydrogens (tertiary/aromatic N) is 4. The third-order valence-electron chi connectivity index (χ3n) is 4.69. The molecule has 3 heterocycles. The quantitative estimate of drug-likeness (QED) is 0.746. The average molecular weight is 352 g/mol. The molecule has 8 nitrogen and oxygen atoms in total. The van der Waals surface area contributed by atoms with E-state index in [1.807, 2.05) is 44.2 Å². The van der Waals surface area contributed by atoms with Crippen molar-refractivity contribution in [2.75, 3.05) is 0 Å². The van der Waals surface area contributed by atoms with Crippen LogP contribution in [-0.4, -0.2) is 31.1 Å². The molecule has 1 atom stereocenters. The Bertz CT molecular complexity index is 911. The van der Waals surface area contributed by atoms with Gasteiger partial charge in [0.05, 0.1) is 24.5 Å². The molecule has 8 heteroatoms. The fourth-order valence-electron chi connectivity index (χ4n) is 3.14. The predicted molar refractivity (Wildman–Crippen MR) is 93.2 cm³/mol. The number of amides is 1. The molecule has 26 heavy (non-hydrogen) atoms. The largest absolute Gasteiger partial charge is 0.365 e. The van der Waals surface area contributed by atoms with E-state index < -0.39 is 0 Å². The number of nitrogens with one attached hydrogen (secondary N) is 2. The Hall–Kier alpha value is -3.00. The number of carbonyl (C=O) groups is 1. The maximum Gasteiger partial charge on any atom is 0.274 e. The zero-order chi connectivity index (χ0) is 18.1. The standard InChI is InChI=1S/C18H20N6O2/c1-11-14(12(2)21-20-11)8-19-18(25)17-15-10-26-16(9-24(15)23-22-17)13-6-4-3-5-7-13/h3-7,16H,8-10H2,1-2H3,(H,19,25)(H,20,21)/t16-/m1/s1. The van der Waals surface area contributed by atoms with Crippen LogP contribution in [0.3, 0.4) is 0 Å². The van der Waals surface area contributed by atoms with Crippen LogP contribution in [0.4, 0.5) is 0 Å². The first-order chi connectivity index (χ1) is 12.6. The Labute approximate surface area is 150 Å². The smallest absolute Gasteiger partial charge is 0.274 e. The van der Waals surface area contributed by atoms with Crippen LogP contribution >= 0.6 is 0 Å². The summed E-state index contributed by atoms with van der Waals surface area (Å²) in [5, 5.41) is 18.1. The SMILES string of the molecule is Cc1n[nH]c(C)c1CNC(=O)c1nnn2c1CO[C@@H](c1ccccc1)C2. The lowest BCUT2D eigenvalue weighted by molar-refractivity contribution is -0.00177. The Morgan fingerprint density at radius 3 is 2.88 bits per heavy atom. The number of hydrogen-bond acceptors (Lipinski definition) is 5. The summed E-state index contributed by atoms with van der Waals surface area (Å²) in [5.41, 5.74) is 4.92. The Balaban J connectivity index is 1.47. The van der Waals surface area contributed by atoms with Gasteiger partial charge in [0.1, 0.15) is 6.10 Å². The Kier molecular flexibility index (Phi) is 4.26. The van der Waals surface area contributed by atoms with E-state index in [2.05, 4.69) is 25.8 Å². The zero-order valence-electron chi connectivity index (χ0n) is 14.7. The zero-order valence-corrected chi connectivity index (χ0v) is 14.7. The van der Waals surface area contributed by atoms with E-state index in [9.17, 15) is 4.79 Å². The summed E-state index contributed by atoms with van der Waals surface area (Å²) in [7, 11) is 0. The number of hydrogen-bond donors (Lipinski definition) is 2. The van der Waals surface area contributed by atoms with E-state index >= 15 is 0 Å². The van der Waals surface area contributed by atoms with Gasteiger partial charge in [-0.05, 0) is 19.4 Å². The van der Waals surface area contributed by atoms with Gasteiger partial charge in [0, 0.05) is 17.8 Å². The molecule has 0 saturated heterocycles. The molecule has 1 amide bonds. The van der Waals surface area contributed by atoms with Crippen molar-refractivity contribution in [1.29, 1.82) is 0 Å². The molecule has 1 aliphatic rings. The number of fused-ring (bicyclic) bond motifs is 1. The van der Waals surface area contributed by atoms with Gasteiger partial charge in [0.2, 0.25) is 0 Å². The molecule has 0 radical (unpaired) electrons. The van der Waals surface area contributed by atoms with Crippen molar-refractivity contribution in [3.05, 3.63) is 64.2 Å². The molecule has 0 unspecified atom stereocenters. The second kappa shape index (κ2) is 6.72. The molecule has 2 aromatic heterocycles. The van der Waals surface area contributed by atoms with Gasteiger partial charge in [-0.25, -0.2) is 4.68 Å². The van der Waals surface area contributed by atoms with Crippen LogP contribution in [0.2, 0.25) is 0 Å².